The lowest BCUT2D eigenvalue weighted by atomic mass is 9.82. The Morgan fingerprint density at radius 3 is 2.74 bits per heavy atom. The number of hydrogen-bond acceptors (Lipinski definition) is 8. The molecule has 3 N–H and O–H groups in total. The minimum Gasteiger partial charge on any atom is -0.497 e. The molecule has 1 aliphatic rings. The summed E-state index contributed by atoms with van der Waals surface area (Å²) in [7, 11) is 3.05. The molecule has 1 atom stereocenters. The summed E-state index contributed by atoms with van der Waals surface area (Å²) in [4.78, 5) is 10.8. The molecule has 0 saturated carbocycles. The number of ether oxygens (including phenoxy) is 3. The normalized spacial score (nSPS) is 14.9. The molecule has 10 nitrogen and oxygen atoms in total. The second kappa shape index (κ2) is 7.72. The number of nitriles is 1. The minimum absolute atomic E-state index is 0.0741. The molecule has 2 aromatic carbocycles. The van der Waals surface area contributed by atoms with Crippen LogP contribution in [-0.4, -0.2) is 29.3 Å². The van der Waals surface area contributed by atoms with Gasteiger partial charge in [-0.2, -0.15) is 5.26 Å². The summed E-state index contributed by atoms with van der Waals surface area (Å²) in [6.45, 7) is 0. The molecule has 0 fully saturated rings. The standard InChI is InChI=1S/C21H17N5O5/c1-29-13-6-7-14(16(9-13)30-2)17-15(10-22)20(23)31-21-18(17)19(24-25-21)11-4-3-5-12(8-11)26(27)28/h3-9,17H,23H2,1-2H3,(H,24,25)/t17-/m1/s1. The molecule has 2 heterocycles. The predicted molar refractivity (Wildman–Crippen MR) is 110 cm³/mol. The molecule has 0 aliphatic carbocycles. The summed E-state index contributed by atoms with van der Waals surface area (Å²) < 4.78 is 16.4. The number of aromatic amines is 1. The Hall–Kier alpha value is -4.52. The molecule has 3 aromatic rings. The average molecular weight is 419 g/mol. The van der Waals surface area contributed by atoms with Gasteiger partial charge in [0.05, 0.1) is 36.3 Å². The minimum atomic E-state index is -0.678. The molecule has 31 heavy (non-hydrogen) atoms. The van der Waals surface area contributed by atoms with E-state index < -0.39 is 10.8 Å². The third kappa shape index (κ3) is 3.28. The van der Waals surface area contributed by atoms with Crippen LogP contribution in [0.3, 0.4) is 0 Å². The van der Waals surface area contributed by atoms with Crippen LogP contribution in [0.1, 0.15) is 17.0 Å². The number of benzene rings is 2. The quantitative estimate of drug-likeness (QED) is 0.473. The van der Waals surface area contributed by atoms with Crippen molar-refractivity contribution in [1.82, 2.24) is 10.2 Å². The van der Waals surface area contributed by atoms with E-state index in [1.54, 1.807) is 30.3 Å². The fraction of sp³-hybridized carbons (Fsp3) is 0.143. The smallest absolute Gasteiger partial charge is 0.270 e. The Balaban J connectivity index is 1.96. The van der Waals surface area contributed by atoms with E-state index in [-0.39, 0.29) is 23.0 Å². The lowest BCUT2D eigenvalue weighted by Gasteiger charge is -2.25. The Bertz CT molecular complexity index is 1260. The van der Waals surface area contributed by atoms with E-state index in [2.05, 4.69) is 16.3 Å². The monoisotopic (exact) mass is 419 g/mol. The van der Waals surface area contributed by atoms with Gasteiger partial charge in [-0.1, -0.05) is 18.2 Å². The number of non-ortho nitro benzene ring substituents is 1. The molecule has 0 saturated heterocycles. The number of aromatic nitrogens is 2. The van der Waals surface area contributed by atoms with Crippen LogP contribution in [-0.2, 0) is 0 Å². The number of nitrogens with one attached hydrogen (secondary N) is 1. The van der Waals surface area contributed by atoms with E-state index in [0.29, 0.717) is 33.9 Å². The third-order valence-electron chi connectivity index (χ3n) is 5.04. The van der Waals surface area contributed by atoms with Crippen molar-refractivity contribution >= 4 is 5.69 Å². The van der Waals surface area contributed by atoms with Crippen molar-refractivity contribution in [2.45, 2.75) is 5.92 Å². The van der Waals surface area contributed by atoms with Crippen LogP contribution in [0.4, 0.5) is 5.69 Å². The van der Waals surface area contributed by atoms with E-state index >= 15 is 0 Å². The first-order chi connectivity index (χ1) is 15.0. The fourth-order valence-corrected chi connectivity index (χ4v) is 3.61. The zero-order valence-corrected chi connectivity index (χ0v) is 16.6. The Morgan fingerprint density at radius 2 is 2.06 bits per heavy atom. The summed E-state index contributed by atoms with van der Waals surface area (Å²) in [5, 5.41) is 28.1. The highest BCUT2D eigenvalue weighted by Crippen LogP contribution is 2.48. The number of methoxy groups -OCH3 is 2. The van der Waals surface area contributed by atoms with Gasteiger partial charge in [-0.3, -0.25) is 15.2 Å². The van der Waals surface area contributed by atoms with E-state index in [1.165, 1.54) is 26.4 Å². The van der Waals surface area contributed by atoms with Gasteiger partial charge >= 0.3 is 0 Å². The zero-order chi connectivity index (χ0) is 22.1. The molecule has 1 aromatic heterocycles. The van der Waals surface area contributed by atoms with Gasteiger partial charge in [0, 0.05) is 29.3 Å². The van der Waals surface area contributed by atoms with Crippen LogP contribution in [0.2, 0.25) is 0 Å². The molecule has 10 heteroatoms. The number of hydrogen-bond donors (Lipinski definition) is 2. The maximum absolute atomic E-state index is 11.2. The number of nitro groups is 1. The van der Waals surface area contributed by atoms with Gasteiger partial charge in [-0.15, -0.1) is 5.10 Å². The molecular weight excluding hydrogens is 402 g/mol. The van der Waals surface area contributed by atoms with Crippen molar-refractivity contribution < 1.29 is 19.1 Å². The summed E-state index contributed by atoms with van der Waals surface area (Å²) in [6, 6.07) is 13.4. The van der Waals surface area contributed by atoms with Crippen molar-refractivity contribution in [3.05, 3.63) is 75.2 Å². The maximum Gasteiger partial charge on any atom is 0.270 e. The molecule has 156 valence electrons. The topological polar surface area (TPSA) is 149 Å². The highest BCUT2D eigenvalue weighted by molar-refractivity contribution is 5.73. The van der Waals surface area contributed by atoms with Crippen LogP contribution in [0.5, 0.6) is 17.4 Å². The van der Waals surface area contributed by atoms with Crippen molar-refractivity contribution in [3.63, 3.8) is 0 Å². The van der Waals surface area contributed by atoms with Gasteiger partial charge in [-0.25, -0.2) is 0 Å². The fourth-order valence-electron chi connectivity index (χ4n) is 3.61. The lowest BCUT2D eigenvalue weighted by Crippen LogP contribution is -2.21. The predicted octanol–water partition coefficient (Wildman–Crippen LogP) is 3.22. The molecule has 0 unspecified atom stereocenters. The Kier molecular flexibility index (Phi) is 4.92. The van der Waals surface area contributed by atoms with Gasteiger partial charge in [0.2, 0.25) is 11.8 Å². The highest BCUT2D eigenvalue weighted by atomic mass is 16.6. The van der Waals surface area contributed by atoms with Crippen LogP contribution in [0.25, 0.3) is 11.3 Å². The first-order valence-corrected chi connectivity index (χ1v) is 9.11. The van der Waals surface area contributed by atoms with Crippen molar-refractivity contribution in [3.8, 4) is 34.7 Å². The Morgan fingerprint density at radius 1 is 1.26 bits per heavy atom. The zero-order valence-electron chi connectivity index (χ0n) is 16.6. The van der Waals surface area contributed by atoms with Crippen molar-refractivity contribution in [2.24, 2.45) is 5.73 Å². The average Bonchev–Trinajstić information content (AvgIpc) is 3.21. The van der Waals surface area contributed by atoms with E-state index in [4.69, 9.17) is 19.9 Å². The van der Waals surface area contributed by atoms with Gasteiger partial charge in [0.25, 0.3) is 5.69 Å². The lowest BCUT2D eigenvalue weighted by molar-refractivity contribution is -0.384. The molecule has 0 amide bonds. The van der Waals surface area contributed by atoms with Gasteiger partial charge in [0.15, 0.2) is 0 Å². The highest BCUT2D eigenvalue weighted by Gasteiger charge is 2.37. The van der Waals surface area contributed by atoms with Crippen LogP contribution >= 0.6 is 0 Å². The second-order valence-corrected chi connectivity index (χ2v) is 6.66. The second-order valence-electron chi connectivity index (χ2n) is 6.66. The number of nitrogens with zero attached hydrogens (tertiary/aromatic N) is 3. The molecule has 1 aliphatic heterocycles. The van der Waals surface area contributed by atoms with Crippen LogP contribution < -0.4 is 19.9 Å². The SMILES string of the molecule is COc1ccc([C@@H]2C(C#N)=C(N)Oc3n[nH]c(-c4cccc([N+](=O)[O-])c4)c32)c(OC)c1. The van der Waals surface area contributed by atoms with E-state index in [1.807, 2.05) is 0 Å². The summed E-state index contributed by atoms with van der Waals surface area (Å²) >= 11 is 0. The van der Waals surface area contributed by atoms with Crippen molar-refractivity contribution in [2.75, 3.05) is 14.2 Å². The number of H-pyrrole nitrogens is 1. The first-order valence-electron chi connectivity index (χ1n) is 9.11. The summed E-state index contributed by atoms with van der Waals surface area (Å²) in [5.41, 5.74) is 8.26. The molecular formula is C21H17N5O5. The maximum atomic E-state index is 11.2. The number of rotatable bonds is 5. The third-order valence-corrected chi connectivity index (χ3v) is 5.04. The number of nitrogens with two attached hydrogens (primary N) is 1. The van der Waals surface area contributed by atoms with E-state index in [9.17, 15) is 15.4 Å². The molecule has 0 bridgehead atoms. The molecule has 4 rings (SSSR count). The molecule has 0 radical (unpaired) electrons. The Labute approximate surface area is 176 Å². The first kappa shape index (κ1) is 19.8. The number of allylic oxidation sites excluding steroid dienone is 1. The van der Waals surface area contributed by atoms with E-state index in [0.717, 1.165) is 0 Å². The van der Waals surface area contributed by atoms with Gasteiger partial charge in [-0.05, 0) is 6.07 Å². The van der Waals surface area contributed by atoms with Crippen LogP contribution in [0, 0.1) is 21.4 Å². The number of fused-ring (bicyclic) bond motifs is 1. The summed E-state index contributed by atoms with van der Waals surface area (Å²) in [6.07, 6.45) is 0. The van der Waals surface area contributed by atoms with Crippen molar-refractivity contribution in [1.29, 1.82) is 5.26 Å². The van der Waals surface area contributed by atoms with Gasteiger partial charge in [0.1, 0.15) is 23.1 Å². The largest absolute Gasteiger partial charge is 0.497 e. The van der Waals surface area contributed by atoms with Crippen LogP contribution in [0.15, 0.2) is 53.9 Å². The summed E-state index contributed by atoms with van der Waals surface area (Å²) in [5.74, 6) is 0.483. The molecule has 0 spiro atoms. The van der Waals surface area contributed by atoms with Gasteiger partial charge < -0.3 is 19.9 Å². The number of nitro benzene ring substituents is 1.